The van der Waals surface area contributed by atoms with Crippen LogP contribution in [-0.4, -0.2) is 15.2 Å². The summed E-state index contributed by atoms with van der Waals surface area (Å²) in [6.45, 7) is 2.18. The fraction of sp³-hybridized carbons (Fsp3) is 0.378. The van der Waals surface area contributed by atoms with Crippen molar-refractivity contribution in [2.75, 3.05) is 0 Å². The first-order chi connectivity index (χ1) is 20.2. The third-order valence-corrected chi connectivity index (χ3v) is 9.50. The standard InChI is InChI=1S/C37H41NO3/c1-2-25-12-14-27(15-13-25)17-19-31(28-20-21-38-30(22-28)18-16-26-8-4-3-5-9-26)35-34-29(23-39)24-41-37(34)33-11-7-6-10-32(33)36(35)40/h3-11,20-22,24-25,27,31,39-40H,2,12-19,23H2,1H3. The van der Waals surface area contributed by atoms with E-state index >= 15 is 0 Å². The van der Waals surface area contributed by atoms with Crippen LogP contribution in [-0.2, 0) is 19.4 Å². The molecule has 0 radical (unpaired) electrons. The van der Waals surface area contributed by atoms with Crippen molar-refractivity contribution in [3.63, 3.8) is 0 Å². The molecule has 2 heterocycles. The summed E-state index contributed by atoms with van der Waals surface area (Å²) >= 11 is 0. The Morgan fingerprint density at radius 2 is 1.63 bits per heavy atom. The van der Waals surface area contributed by atoms with E-state index in [0.29, 0.717) is 11.7 Å². The number of aryl methyl sites for hydroxylation is 2. The first-order valence-corrected chi connectivity index (χ1v) is 15.4. The second-order valence-corrected chi connectivity index (χ2v) is 11.9. The lowest BCUT2D eigenvalue weighted by molar-refractivity contribution is 0.253. The molecule has 0 amide bonds. The normalized spacial score (nSPS) is 18.2. The van der Waals surface area contributed by atoms with E-state index in [-0.39, 0.29) is 12.5 Å². The summed E-state index contributed by atoms with van der Waals surface area (Å²) in [5, 5.41) is 24.7. The van der Waals surface area contributed by atoms with E-state index in [0.717, 1.165) is 70.2 Å². The molecule has 4 heteroatoms. The Hall–Kier alpha value is -3.63. The molecule has 2 N–H and O–H groups in total. The molecule has 0 spiro atoms. The Morgan fingerprint density at radius 3 is 2.39 bits per heavy atom. The number of phenolic OH excluding ortho intramolecular Hbond substituents is 1. The van der Waals surface area contributed by atoms with Crippen molar-refractivity contribution in [2.24, 2.45) is 11.8 Å². The molecule has 41 heavy (non-hydrogen) atoms. The van der Waals surface area contributed by atoms with E-state index in [4.69, 9.17) is 9.40 Å². The van der Waals surface area contributed by atoms with Crippen molar-refractivity contribution >= 4 is 21.7 Å². The maximum Gasteiger partial charge on any atom is 0.142 e. The van der Waals surface area contributed by atoms with Crippen molar-refractivity contribution in [3.05, 3.63) is 107 Å². The average Bonchev–Trinajstić information content (AvgIpc) is 3.46. The van der Waals surface area contributed by atoms with Gasteiger partial charge in [-0.3, -0.25) is 4.98 Å². The zero-order valence-corrected chi connectivity index (χ0v) is 24.1. The fourth-order valence-corrected chi connectivity index (χ4v) is 7.07. The Bertz CT molecular complexity index is 1600. The lowest BCUT2D eigenvalue weighted by Gasteiger charge is -2.29. The molecule has 1 unspecified atom stereocenters. The van der Waals surface area contributed by atoms with E-state index in [1.54, 1.807) is 6.26 Å². The molecule has 1 saturated carbocycles. The first kappa shape index (κ1) is 27.5. The van der Waals surface area contributed by atoms with Gasteiger partial charge in [0.15, 0.2) is 0 Å². The molecule has 1 atom stereocenters. The number of fused-ring (bicyclic) bond motifs is 3. The molecule has 1 aliphatic rings. The summed E-state index contributed by atoms with van der Waals surface area (Å²) in [5.74, 6) is 1.84. The van der Waals surface area contributed by atoms with Gasteiger partial charge in [-0.05, 0) is 60.8 Å². The van der Waals surface area contributed by atoms with E-state index in [2.05, 4.69) is 49.4 Å². The zero-order chi connectivity index (χ0) is 28.2. The number of hydrogen-bond acceptors (Lipinski definition) is 4. The second-order valence-electron chi connectivity index (χ2n) is 11.9. The summed E-state index contributed by atoms with van der Waals surface area (Å²) in [6.07, 6.45) is 13.9. The van der Waals surface area contributed by atoms with Gasteiger partial charge >= 0.3 is 0 Å². The van der Waals surface area contributed by atoms with Crippen LogP contribution in [0.25, 0.3) is 21.7 Å². The number of pyridine rings is 1. The molecule has 1 aliphatic carbocycles. The topological polar surface area (TPSA) is 66.5 Å². The number of aliphatic hydroxyl groups excluding tert-OH is 1. The van der Waals surface area contributed by atoms with Crippen molar-refractivity contribution in [3.8, 4) is 5.75 Å². The van der Waals surface area contributed by atoms with Gasteiger partial charge in [-0.2, -0.15) is 0 Å². The van der Waals surface area contributed by atoms with Gasteiger partial charge in [0.25, 0.3) is 0 Å². The van der Waals surface area contributed by atoms with Crippen LogP contribution in [0.5, 0.6) is 5.75 Å². The van der Waals surface area contributed by atoms with Gasteiger partial charge in [0.1, 0.15) is 11.3 Å². The predicted molar refractivity (Wildman–Crippen MR) is 166 cm³/mol. The monoisotopic (exact) mass is 547 g/mol. The lowest BCUT2D eigenvalue weighted by atomic mass is 9.76. The summed E-state index contributed by atoms with van der Waals surface area (Å²) in [6, 6.07) is 22.8. The number of hydrogen-bond donors (Lipinski definition) is 2. The summed E-state index contributed by atoms with van der Waals surface area (Å²) in [4.78, 5) is 4.74. The van der Waals surface area contributed by atoms with Gasteiger partial charge in [0.05, 0.1) is 12.9 Å². The number of furan rings is 1. The molecule has 0 aliphatic heterocycles. The van der Waals surface area contributed by atoms with Crippen molar-refractivity contribution in [1.29, 1.82) is 0 Å². The Labute approximate surface area is 243 Å². The number of nitrogens with zero attached hydrogens (tertiary/aromatic N) is 1. The Kier molecular flexibility index (Phi) is 8.38. The molecule has 3 aromatic carbocycles. The van der Waals surface area contributed by atoms with Gasteiger partial charge in [0, 0.05) is 45.1 Å². The van der Waals surface area contributed by atoms with Crippen LogP contribution in [0, 0.1) is 11.8 Å². The quantitative estimate of drug-likeness (QED) is 0.183. The zero-order valence-electron chi connectivity index (χ0n) is 24.1. The van der Waals surface area contributed by atoms with Crippen LogP contribution in [0.3, 0.4) is 0 Å². The number of aliphatic hydroxyl groups is 1. The minimum Gasteiger partial charge on any atom is -0.507 e. The van der Waals surface area contributed by atoms with Crippen molar-refractivity contribution < 1.29 is 14.6 Å². The Morgan fingerprint density at radius 1 is 0.902 bits per heavy atom. The molecule has 1 fully saturated rings. The molecular weight excluding hydrogens is 506 g/mol. The van der Waals surface area contributed by atoms with Gasteiger partial charge in [-0.1, -0.05) is 93.6 Å². The molecule has 4 nitrogen and oxygen atoms in total. The molecule has 2 aromatic heterocycles. The van der Waals surface area contributed by atoms with Crippen molar-refractivity contribution in [1.82, 2.24) is 4.98 Å². The maximum absolute atomic E-state index is 11.9. The summed E-state index contributed by atoms with van der Waals surface area (Å²) in [7, 11) is 0. The summed E-state index contributed by atoms with van der Waals surface area (Å²) in [5.41, 5.74) is 5.87. The van der Waals surface area contributed by atoms with E-state index < -0.39 is 0 Å². The summed E-state index contributed by atoms with van der Waals surface area (Å²) < 4.78 is 6.08. The van der Waals surface area contributed by atoms with E-state index in [1.165, 1.54) is 43.2 Å². The first-order valence-electron chi connectivity index (χ1n) is 15.4. The van der Waals surface area contributed by atoms with E-state index in [9.17, 15) is 10.2 Å². The van der Waals surface area contributed by atoms with Crippen LogP contribution in [0.15, 0.2) is 83.6 Å². The Balaban J connectivity index is 1.41. The van der Waals surface area contributed by atoms with Crippen LogP contribution >= 0.6 is 0 Å². The van der Waals surface area contributed by atoms with Gasteiger partial charge in [-0.15, -0.1) is 0 Å². The van der Waals surface area contributed by atoms with Gasteiger partial charge in [0.2, 0.25) is 0 Å². The highest BCUT2D eigenvalue weighted by molar-refractivity contribution is 6.10. The SMILES string of the molecule is CCC1CCC(CCC(c2ccnc(CCc3ccccc3)c2)c2c(O)c3ccccc3c3occ(CO)c23)CC1. The van der Waals surface area contributed by atoms with Crippen LogP contribution in [0.1, 0.15) is 85.7 Å². The average molecular weight is 548 g/mol. The third-order valence-electron chi connectivity index (χ3n) is 9.50. The minimum absolute atomic E-state index is 0.0348. The smallest absolute Gasteiger partial charge is 0.142 e. The predicted octanol–water partition coefficient (Wildman–Crippen LogP) is 9.09. The second kappa shape index (κ2) is 12.5. The highest BCUT2D eigenvalue weighted by atomic mass is 16.3. The molecule has 0 bridgehead atoms. The minimum atomic E-state index is -0.135. The largest absolute Gasteiger partial charge is 0.507 e. The number of rotatable bonds is 10. The maximum atomic E-state index is 11.9. The molecule has 212 valence electrons. The van der Waals surface area contributed by atoms with Gasteiger partial charge in [-0.25, -0.2) is 0 Å². The number of aromatic nitrogens is 1. The molecule has 5 aromatic rings. The molecular formula is C37H41NO3. The van der Waals surface area contributed by atoms with Crippen LogP contribution in [0.2, 0.25) is 0 Å². The molecule has 0 saturated heterocycles. The number of phenols is 1. The lowest BCUT2D eigenvalue weighted by Crippen LogP contribution is -2.15. The van der Waals surface area contributed by atoms with E-state index in [1.807, 2.05) is 30.5 Å². The van der Waals surface area contributed by atoms with Gasteiger partial charge < -0.3 is 14.6 Å². The number of benzene rings is 3. The van der Waals surface area contributed by atoms with Crippen molar-refractivity contribution in [2.45, 2.75) is 77.2 Å². The van der Waals surface area contributed by atoms with Crippen LogP contribution in [0.4, 0.5) is 0 Å². The van der Waals surface area contributed by atoms with Crippen LogP contribution < -0.4 is 0 Å². The fourth-order valence-electron chi connectivity index (χ4n) is 7.07. The highest BCUT2D eigenvalue weighted by Gasteiger charge is 2.28. The third kappa shape index (κ3) is 5.76. The number of aromatic hydroxyl groups is 1. The highest BCUT2D eigenvalue weighted by Crippen LogP contribution is 2.47. The molecule has 6 rings (SSSR count).